The van der Waals surface area contributed by atoms with Crippen molar-refractivity contribution in [1.82, 2.24) is 10.1 Å². The molecule has 0 amide bonds. The number of aromatic nitrogens is 2. The summed E-state index contributed by atoms with van der Waals surface area (Å²) in [6.45, 7) is 0. The van der Waals surface area contributed by atoms with Gasteiger partial charge in [-0.2, -0.15) is 4.98 Å². The van der Waals surface area contributed by atoms with Gasteiger partial charge in [-0.05, 0) is 47.5 Å². The minimum absolute atomic E-state index is 0.141. The van der Waals surface area contributed by atoms with E-state index in [2.05, 4.69) is 10.1 Å². The van der Waals surface area contributed by atoms with Crippen LogP contribution in [0.1, 0.15) is 11.1 Å². The first-order chi connectivity index (χ1) is 14.6. The Balaban J connectivity index is 1.40. The first-order valence-corrected chi connectivity index (χ1v) is 9.48. The van der Waals surface area contributed by atoms with Crippen molar-refractivity contribution in [2.45, 2.75) is 12.8 Å². The standard InChI is InChI=1S/C24H20N2O4/c1-29-22-12-4-17(5-13-22)15-21(28)14-16-2-6-18(7-3-16)23-25-24(30-26-23)19-8-10-20(27)11-9-19/h2-13,27H,14-15H2,1H3. The number of ether oxygens (including phenoxy) is 1. The van der Waals surface area contributed by atoms with Crippen molar-refractivity contribution >= 4 is 5.78 Å². The quantitative estimate of drug-likeness (QED) is 0.493. The second kappa shape index (κ2) is 8.61. The van der Waals surface area contributed by atoms with Crippen molar-refractivity contribution in [3.63, 3.8) is 0 Å². The van der Waals surface area contributed by atoms with Crippen LogP contribution in [0.3, 0.4) is 0 Å². The van der Waals surface area contributed by atoms with Gasteiger partial charge in [-0.3, -0.25) is 4.79 Å². The monoisotopic (exact) mass is 400 g/mol. The number of benzene rings is 3. The summed E-state index contributed by atoms with van der Waals surface area (Å²) >= 11 is 0. The highest BCUT2D eigenvalue weighted by atomic mass is 16.5. The Morgan fingerprint density at radius 3 is 2.03 bits per heavy atom. The molecule has 0 aliphatic heterocycles. The zero-order chi connectivity index (χ0) is 20.9. The molecular weight excluding hydrogens is 380 g/mol. The summed E-state index contributed by atoms with van der Waals surface area (Å²) < 4.78 is 10.5. The molecule has 0 bridgehead atoms. The number of rotatable bonds is 7. The molecule has 0 spiro atoms. The lowest BCUT2D eigenvalue weighted by atomic mass is 10.0. The average Bonchev–Trinajstić information content (AvgIpc) is 3.25. The van der Waals surface area contributed by atoms with Crippen molar-refractivity contribution in [1.29, 1.82) is 0 Å². The highest BCUT2D eigenvalue weighted by Gasteiger charge is 2.11. The van der Waals surface area contributed by atoms with Gasteiger partial charge in [-0.15, -0.1) is 0 Å². The summed E-state index contributed by atoms with van der Waals surface area (Å²) in [5.41, 5.74) is 3.42. The van der Waals surface area contributed by atoms with Crippen LogP contribution in [0.2, 0.25) is 0 Å². The first kappa shape index (κ1) is 19.4. The van der Waals surface area contributed by atoms with Gasteiger partial charge in [0.1, 0.15) is 17.3 Å². The van der Waals surface area contributed by atoms with Crippen molar-refractivity contribution in [2.24, 2.45) is 0 Å². The van der Waals surface area contributed by atoms with Gasteiger partial charge in [-0.1, -0.05) is 41.6 Å². The largest absolute Gasteiger partial charge is 0.508 e. The fraction of sp³-hybridized carbons (Fsp3) is 0.125. The third-order valence-electron chi connectivity index (χ3n) is 4.71. The van der Waals surface area contributed by atoms with E-state index in [1.165, 1.54) is 0 Å². The Morgan fingerprint density at radius 1 is 0.867 bits per heavy atom. The van der Waals surface area contributed by atoms with E-state index in [1.807, 2.05) is 48.5 Å². The molecule has 4 aromatic rings. The van der Waals surface area contributed by atoms with Gasteiger partial charge in [0.15, 0.2) is 0 Å². The van der Waals surface area contributed by atoms with Crippen LogP contribution < -0.4 is 4.74 Å². The normalized spacial score (nSPS) is 10.7. The number of ketones is 1. The van der Waals surface area contributed by atoms with Crippen LogP contribution in [0.15, 0.2) is 77.3 Å². The lowest BCUT2D eigenvalue weighted by Gasteiger charge is -2.04. The van der Waals surface area contributed by atoms with Gasteiger partial charge in [0.05, 0.1) is 7.11 Å². The molecule has 0 aliphatic rings. The maximum atomic E-state index is 12.4. The number of carbonyl (C=O) groups excluding carboxylic acids is 1. The van der Waals surface area contributed by atoms with E-state index >= 15 is 0 Å². The molecule has 0 radical (unpaired) electrons. The Labute approximate surface area is 173 Å². The predicted octanol–water partition coefficient (Wildman–Crippen LogP) is 4.47. The van der Waals surface area contributed by atoms with Gasteiger partial charge >= 0.3 is 0 Å². The van der Waals surface area contributed by atoms with E-state index < -0.39 is 0 Å². The molecule has 6 nitrogen and oxygen atoms in total. The second-order valence-corrected chi connectivity index (χ2v) is 6.91. The first-order valence-electron chi connectivity index (χ1n) is 9.48. The second-order valence-electron chi connectivity index (χ2n) is 6.91. The van der Waals surface area contributed by atoms with Crippen LogP contribution in [0.4, 0.5) is 0 Å². The summed E-state index contributed by atoms with van der Waals surface area (Å²) in [7, 11) is 1.62. The summed E-state index contributed by atoms with van der Waals surface area (Å²) in [6.07, 6.45) is 0.740. The molecule has 0 saturated heterocycles. The molecule has 1 N–H and O–H groups in total. The number of carbonyl (C=O) groups is 1. The van der Waals surface area contributed by atoms with E-state index in [0.29, 0.717) is 24.6 Å². The average molecular weight is 400 g/mol. The molecule has 0 saturated carbocycles. The van der Waals surface area contributed by atoms with E-state index in [-0.39, 0.29) is 11.5 Å². The SMILES string of the molecule is COc1ccc(CC(=O)Cc2ccc(-c3noc(-c4ccc(O)cc4)n3)cc2)cc1. The minimum Gasteiger partial charge on any atom is -0.508 e. The third-order valence-corrected chi connectivity index (χ3v) is 4.71. The number of hydrogen-bond acceptors (Lipinski definition) is 6. The van der Waals surface area contributed by atoms with Crippen LogP contribution in [-0.4, -0.2) is 28.1 Å². The molecular formula is C24H20N2O4. The fourth-order valence-electron chi connectivity index (χ4n) is 3.09. The van der Waals surface area contributed by atoms with Gasteiger partial charge in [0, 0.05) is 24.0 Å². The molecule has 0 fully saturated rings. The molecule has 1 heterocycles. The minimum atomic E-state index is 0.141. The zero-order valence-electron chi connectivity index (χ0n) is 16.4. The number of nitrogens with zero attached hydrogens (tertiary/aromatic N) is 2. The van der Waals surface area contributed by atoms with Crippen molar-refractivity contribution in [3.8, 4) is 34.3 Å². The van der Waals surface area contributed by atoms with E-state index in [0.717, 1.165) is 28.0 Å². The molecule has 3 aromatic carbocycles. The molecule has 6 heteroatoms. The maximum absolute atomic E-state index is 12.4. The topological polar surface area (TPSA) is 85.5 Å². The molecule has 1 aromatic heterocycles. The van der Waals surface area contributed by atoms with Crippen molar-refractivity contribution < 1.29 is 19.2 Å². The summed E-state index contributed by atoms with van der Waals surface area (Å²) in [4.78, 5) is 16.8. The Morgan fingerprint density at radius 2 is 1.43 bits per heavy atom. The highest BCUT2D eigenvalue weighted by Crippen LogP contribution is 2.24. The van der Waals surface area contributed by atoms with Crippen LogP contribution in [0.25, 0.3) is 22.8 Å². The number of aromatic hydroxyl groups is 1. The van der Waals surface area contributed by atoms with Crippen molar-refractivity contribution in [2.75, 3.05) is 7.11 Å². The summed E-state index contributed by atoms with van der Waals surface area (Å²) in [6, 6.07) is 21.6. The maximum Gasteiger partial charge on any atom is 0.258 e. The number of Topliss-reactive ketones (excluding diaryl/α,β-unsaturated/α-hetero) is 1. The number of phenols is 1. The Bertz CT molecular complexity index is 1130. The van der Waals surface area contributed by atoms with Crippen LogP contribution in [-0.2, 0) is 17.6 Å². The molecule has 150 valence electrons. The van der Waals surface area contributed by atoms with E-state index in [9.17, 15) is 9.90 Å². The predicted molar refractivity (Wildman–Crippen MR) is 112 cm³/mol. The van der Waals surface area contributed by atoms with Gasteiger partial charge < -0.3 is 14.4 Å². The highest BCUT2D eigenvalue weighted by molar-refractivity contribution is 5.83. The van der Waals surface area contributed by atoms with E-state index in [1.54, 1.807) is 31.4 Å². The lowest BCUT2D eigenvalue weighted by Crippen LogP contribution is -2.06. The number of methoxy groups -OCH3 is 1. The summed E-state index contributed by atoms with van der Waals surface area (Å²) in [5.74, 6) is 1.94. The molecule has 30 heavy (non-hydrogen) atoms. The van der Waals surface area contributed by atoms with E-state index in [4.69, 9.17) is 9.26 Å². The zero-order valence-corrected chi connectivity index (χ0v) is 16.4. The fourth-order valence-corrected chi connectivity index (χ4v) is 3.09. The smallest absolute Gasteiger partial charge is 0.258 e. The van der Waals surface area contributed by atoms with Gasteiger partial charge in [-0.25, -0.2) is 0 Å². The molecule has 4 rings (SSSR count). The Kier molecular flexibility index (Phi) is 5.57. The van der Waals surface area contributed by atoms with Crippen molar-refractivity contribution in [3.05, 3.63) is 83.9 Å². The molecule has 0 atom stereocenters. The van der Waals surface area contributed by atoms with Crippen LogP contribution in [0, 0.1) is 0 Å². The molecule has 0 unspecified atom stereocenters. The summed E-state index contributed by atoms with van der Waals surface area (Å²) in [5, 5.41) is 13.4. The van der Waals surface area contributed by atoms with Crippen LogP contribution in [0.5, 0.6) is 11.5 Å². The number of phenolic OH excluding ortho intramolecular Hbond substituents is 1. The lowest BCUT2D eigenvalue weighted by molar-refractivity contribution is -0.117. The number of hydrogen-bond donors (Lipinski definition) is 1. The third kappa shape index (κ3) is 4.55. The van der Waals surface area contributed by atoms with Gasteiger partial charge in [0.2, 0.25) is 5.82 Å². The molecule has 0 aliphatic carbocycles. The van der Waals surface area contributed by atoms with Gasteiger partial charge in [0.25, 0.3) is 5.89 Å². The Hall–Kier alpha value is -3.93. The van der Waals surface area contributed by atoms with Crippen LogP contribution >= 0.6 is 0 Å².